The summed E-state index contributed by atoms with van der Waals surface area (Å²) in [5.74, 6) is 0.977. The van der Waals surface area contributed by atoms with E-state index in [0.717, 1.165) is 23.1 Å². The molecular formula is C13H17NO. The van der Waals surface area contributed by atoms with Gasteiger partial charge in [-0.3, -0.25) is 0 Å². The van der Waals surface area contributed by atoms with Crippen LogP contribution in [0.3, 0.4) is 0 Å². The summed E-state index contributed by atoms with van der Waals surface area (Å²) >= 11 is 0. The van der Waals surface area contributed by atoms with Crippen molar-refractivity contribution in [1.82, 2.24) is 5.16 Å². The number of benzene rings is 1. The smallest absolute Gasteiger partial charge is 0.144 e. The van der Waals surface area contributed by atoms with Crippen LogP contribution in [0.25, 0.3) is 10.9 Å². The lowest BCUT2D eigenvalue weighted by molar-refractivity contribution is 0.394. The molecule has 2 heteroatoms. The van der Waals surface area contributed by atoms with E-state index in [4.69, 9.17) is 4.52 Å². The summed E-state index contributed by atoms with van der Waals surface area (Å²) in [6, 6.07) is 6.40. The van der Waals surface area contributed by atoms with Gasteiger partial charge in [0.1, 0.15) is 11.3 Å². The molecule has 0 unspecified atom stereocenters. The molecule has 2 nitrogen and oxygen atoms in total. The maximum absolute atomic E-state index is 5.28. The second kappa shape index (κ2) is 3.37. The van der Waals surface area contributed by atoms with E-state index in [1.807, 2.05) is 0 Å². The molecule has 0 amide bonds. The van der Waals surface area contributed by atoms with Gasteiger partial charge in [-0.15, -0.1) is 0 Å². The molecule has 0 atom stereocenters. The molecule has 2 aromatic rings. The topological polar surface area (TPSA) is 26.0 Å². The number of rotatable bonds is 1. The van der Waals surface area contributed by atoms with Gasteiger partial charge in [0.05, 0.1) is 0 Å². The highest BCUT2D eigenvalue weighted by Crippen LogP contribution is 2.27. The Kier molecular flexibility index (Phi) is 2.29. The average Bonchev–Trinajstić information content (AvgIpc) is 2.58. The Balaban J connectivity index is 2.58. The minimum atomic E-state index is 0.166. The van der Waals surface area contributed by atoms with Crippen LogP contribution in [0.4, 0.5) is 0 Å². The Bertz CT molecular complexity index is 477. The fourth-order valence-electron chi connectivity index (χ4n) is 1.72. The van der Waals surface area contributed by atoms with Crippen molar-refractivity contribution in [3.63, 3.8) is 0 Å². The maximum atomic E-state index is 5.28. The fourth-order valence-corrected chi connectivity index (χ4v) is 1.72. The minimum Gasteiger partial charge on any atom is -0.360 e. The lowest BCUT2D eigenvalue weighted by atomic mass is 9.86. The van der Waals surface area contributed by atoms with Crippen LogP contribution in [0.2, 0.25) is 0 Å². The zero-order valence-corrected chi connectivity index (χ0v) is 9.79. The Morgan fingerprint density at radius 2 is 2.00 bits per heavy atom. The molecule has 0 aliphatic rings. The van der Waals surface area contributed by atoms with Crippen molar-refractivity contribution >= 4 is 10.9 Å². The first-order valence-corrected chi connectivity index (χ1v) is 5.41. The zero-order valence-electron chi connectivity index (χ0n) is 9.79. The van der Waals surface area contributed by atoms with E-state index in [1.165, 1.54) is 5.56 Å². The first-order chi connectivity index (χ1) is 7.02. The largest absolute Gasteiger partial charge is 0.360 e. The van der Waals surface area contributed by atoms with Gasteiger partial charge in [-0.2, -0.15) is 0 Å². The van der Waals surface area contributed by atoms with Crippen LogP contribution in [0, 0.1) is 0 Å². The molecule has 0 bridgehead atoms. The highest BCUT2D eigenvalue weighted by atomic mass is 16.5. The molecule has 1 aromatic heterocycles. The van der Waals surface area contributed by atoms with Crippen molar-refractivity contribution in [3.05, 3.63) is 29.5 Å². The van der Waals surface area contributed by atoms with Gasteiger partial charge >= 0.3 is 0 Å². The van der Waals surface area contributed by atoms with E-state index in [9.17, 15) is 0 Å². The Morgan fingerprint density at radius 3 is 2.60 bits per heavy atom. The molecule has 0 aliphatic heterocycles. The van der Waals surface area contributed by atoms with Crippen molar-refractivity contribution in [1.29, 1.82) is 0 Å². The summed E-state index contributed by atoms with van der Waals surface area (Å²) < 4.78 is 5.28. The van der Waals surface area contributed by atoms with Crippen LogP contribution in [0.1, 0.15) is 39.0 Å². The van der Waals surface area contributed by atoms with Crippen molar-refractivity contribution in [2.75, 3.05) is 0 Å². The summed E-state index contributed by atoms with van der Waals surface area (Å²) in [5, 5.41) is 5.23. The fraction of sp³-hybridized carbons (Fsp3) is 0.462. The predicted molar refractivity (Wildman–Crippen MR) is 62.1 cm³/mol. The molecule has 15 heavy (non-hydrogen) atoms. The van der Waals surface area contributed by atoms with Crippen LogP contribution in [0.5, 0.6) is 0 Å². The van der Waals surface area contributed by atoms with Gasteiger partial charge in [-0.25, -0.2) is 0 Å². The molecule has 80 valence electrons. The number of nitrogens with zero attached hydrogens (tertiary/aromatic N) is 1. The van der Waals surface area contributed by atoms with Gasteiger partial charge in [0, 0.05) is 11.8 Å². The van der Waals surface area contributed by atoms with Gasteiger partial charge < -0.3 is 4.52 Å². The summed E-state index contributed by atoms with van der Waals surface area (Å²) in [5.41, 5.74) is 2.43. The van der Waals surface area contributed by atoms with Crippen LogP contribution >= 0.6 is 0 Å². The number of hydrogen-bond donors (Lipinski definition) is 0. The van der Waals surface area contributed by atoms with E-state index in [0.29, 0.717) is 0 Å². The van der Waals surface area contributed by atoms with Crippen LogP contribution in [-0.4, -0.2) is 5.16 Å². The molecule has 1 heterocycles. The number of hydrogen-bond acceptors (Lipinski definition) is 2. The first-order valence-electron chi connectivity index (χ1n) is 5.41. The molecule has 1 aromatic carbocycles. The van der Waals surface area contributed by atoms with Crippen molar-refractivity contribution < 1.29 is 4.52 Å². The third-order valence-electron chi connectivity index (χ3n) is 2.74. The predicted octanol–water partition coefficient (Wildman–Crippen LogP) is 3.69. The highest BCUT2D eigenvalue weighted by Gasteiger charge is 2.15. The number of fused-ring (bicyclic) bond motifs is 1. The molecule has 0 saturated carbocycles. The second-order valence-electron chi connectivity index (χ2n) is 4.94. The standard InChI is InChI=1S/C13H17NO/c1-5-12-10-7-6-9(13(2,3)4)8-11(10)14-15-12/h6-8H,5H2,1-4H3. The maximum Gasteiger partial charge on any atom is 0.144 e. The average molecular weight is 203 g/mol. The molecule has 0 N–H and O–H groups in total. The SMILES string of the molecule is CCc1onc2cc(C(C)(C)C)ccc12. The van der Waals surface area contributed by atoms with E-state index in [-0.39, 0.29) is 5.41 Å². The van der Waals surface area contributed by atoms with Gasteiger partial charge in [0.2, 0.25) is 0 Å². The third-order valence-corrected chi connectivity index (χ3v) is 2.74. The quantitative estimate of drug-likeness (QED) is 0.706. The minimum absolute atomic E-state index is 0.166. The molecule has 0 aliphatic carbocycles. The molecule has 0 radical (unpaired) electrons. The van der Waals surface area contributed by atoms with Crippen LogP contribution in [0.15, 0.2) is 22.7 Å². The van der Waals surface area contributed by atoms with Crippen LogP contribution in [-0.2, 0) is 11.8 Å². The molecule has 2 rings (SSSR count). The number of aromatic nitrogens is 1. The van der Waals surface area contributed by atoms with E-state index < -0.39 is 0 Å². The zero-order chi connectivity index (χ0) is 11.1. The Morgan fingerprint density at radius 1 is 1.27 bits per heavy atom. The van der Waals surface area contributed by atoms with E-state index in [1.54, 1.807) is 0 Å². The lowest BCUT2D eigenvalue weighted by Gasteiger charge is -2.18. The molecular weight excluding hydrogens is 186 g/mol. The monoisotopic (exact) mass is 203 g/mol. The highest BCUT2D eigenvalue weighted by molar-refractivity contribution is 5.81. The Hall–Kier alpha value is -1.31. The third kappa shape index (κ3) is 1.76. The molecule has 0 saturated heterocycles. The first kappa shape index (κ1) is 10.2. The summed E-state index contributed by atoms with van der Waals surface area (Å²) in [6.07, 6.45) is 0.894. The normalized spacial score (nSPS) is 12.3. The van der Waals surface area contributed by atoms with Crippen LogP contribution < -0.4 is 0 Å². The molecule has 0 spiro atoms. The number of aryl methyl sites for hydroxylation is 1. The van der Waals surface area contributed by atoms with Gasteiger partial charge in [-0.1, -0.05) is 38.9 Å². The van der Waals surface area contributed by atoms with Crippen molar-refractivity contribution in [2.45, 2.75) is 39.5 Å². The van der Waals surface area contributed by atoms with E-state index in [2.05, 4.69) is 51.1 Å². The second-order valence-corrected chi connectivity index (χ2v) is 4.94. The summed E-state index contributed by atoms with van der Waals surface area (Å²) in [6.45, 7) is 8.69. The van der Waals surface area contributed by atoms with Gasteiger partial charge in [-0.05, 0) is 23.1 Å². The van der Waals surface area contributed by atoms with Crippen molar-refractivity contribution in [2.24, 2.45) is 0 Å². The molecule has 0 fully saturated rings. The van der Waals surface area contributed by atoms with Gasteiger partial charge in [0.25, 0.3) is 0 Å². The Labute approximate surface area is 90.3 Å². The summed E-state index contributed by atoms with van der Waals surface area (Å²) in [7, 11) is 0. The van der Waals surface area contributed by atoms with Crippen molar-refractivity contribution in [3.8, 4) is 0 Å². The van der Waals surface area contributed by atoms with Gasteiger partial charge in [0.15, 0.2) is 0 Å². The lowest BCUT2D eigenvalue weighted by Crippen LogP contribution is -2.10. The summed E-state index contributed by atoms with van der Waals surface area (Å²) in [4.78, 5) is 0. The van der Waals surface area contributed by atoms with E-state index >= 15 is 0 Å².